The molecule has 0 amide bonds. The molecule has 0 radical (unpaired) electrons. The maximum Gasteiger partial charge on any atom is 0.178 e. The lowest BCUT2D eigenvalue weighted by atomic mass is 10.0. The van der Waals surface area contributed by atoms with E-state index in [4.69, 9.17) is 15.5 Å². The number of hydrogen-bond acceptors (Lipinski definition) is 4. The van der Waals surface area contributed by atoms with Gasteiger partial charge in [0.15, 0.2) is 5.75 Å². The van der Waals surface area contributed by atoms with Crippen molar-refractivity contribution in [2.45, 2.75) is 19.6 Å². The number of nitrogen functional groups attached to an aromatic ring is 1. The molecule has 0 bridgehead atoms. The van der Waals surface area contributed by atoms with Crippen molar-refractivity contribution in [3.8, 4) is 5.75 Å². The molecule has 1 atom stereocenters. The number of hydrogen-bond donors (Lipinski definition) is 2. The molecule has 0 aromatic heterocycles. The Hall–Kier alpha value is -0.970. The minimum atomic E-state index is -0.642. The molecule has 14 heavy (non-hydrogen) atoms. The Bertz CT molecular complexity index is 341. The molecule has 0 fully saturated rings. The molecule has 0 saturated heterocycles. The highest BCUT2D eigenvalue weighted by atomic mass is 35.5. The van der Waals surface area contributed by atoms with E-state index in [1.165, 1.54) is 0 Å². The zero-order valence-corrected chi connectivity index (χ0v) is 8.50. The van der Waals surface area contributed by atoms with Crippen molar-refractivity contribution < 1.29 is 14.9 Å². The zero-order valence-electron chi connectivity index (χ0n) is 7.69. The van der Waals surface area contributed by atoms with E-state index in [1.807, 2.05) is 6.07 Å². The number of fused-ring (bicyclic) bond motifs is 1. The van der Waals surface area contributed by atoms with Crippen LogP contribution in [0.2, 0.25) is 0 Å². The summed E-state index contributed by atoms with van der Waals surface area (Å²) in [5, 5.41) is 9.45. The highest BCUT2D eigenvalue weighted by molar-refractivity contribution is 5.85. The minimum absolute atomic E-state index is 0. The predicted octanol–water partition coefficient (Wildman–Crippen LogP) is 1.57. The lowest BCUT2D eigenvalue weighted by Gasteiger charge is -2.10. The van der Waals surface area contributed by atoms with Crippen molar-refractivity contribution in [3.63, 3.8) is 0 Å². The van der Waals surface area contributed by atoms with Crippen LogP contribution in [0.15, 0.2) is 12.1 Å². The molecule has 1 heterocycles. The second-order valence-electron chi connectivity index (χ2n) is 3.08. The zero-order chi connectivity index (χ0) is 9.42. The van der Waals surface area contributed by atoms with Crippen LogP contribution in [0, 0.1) is 0 Å². The van der Waals surface area contributed by atoms with Crippen LogP contribution in [0.1, 0.15) is 24.2 Å². The largest absolute Gasteiger partial charge is 0.398 e. The number of rotatable bonds is 1. The summed E-state index contributed by atoms with van der Waals surface area (Å²) < 4.78 is 0. The molecular weight excluding hydrogens is 206 g/mol. The van der Waals surface area contributed by atoms with Crippen molar-refractivity contribution in [2.24, 2.45) is 0 Å². The number of nitrogens with two attached hydrogens (primary N) is 1. The Morgan fingerprint density at radius 1 is 1.50 bits per heavy atom. The summed E-state index contributed by atoms with van der Waals surface area (Å²) in [5.74, 6) is 0.565. The molecule has 1 unspecified atom stereocenters. The van der Waals surface area contributed by atoms with Crippen molar-refractivity contribution in [2.75, 3.05) is 5.73 Å². The Balaban J connectivity index is 0.000000980. The van der Waals surface area contributed by atoms with Gasteiger partial charge in [0.25, 0.3) is 0 Å². The van der Waals surface area contributed by atoms with Crippen molar-refractivity contribution >= 4 is 18.1 Å². The molecule has 2 rings (SSSR count). The molecule has 1 aliphatic rings. The first-order chi connectivity index (χ1) is 6.20. The summed E-state index contributed by atoms with van der Waals surface area (Å²) in [5.41, 5.74) is 7.75. The quantitative estimate of drug-likeness (QED) is 0.554. The SMILES string of the molecule is CC(O)c1c(N)ccc2c1OOC2.Cl. The Kier molecular flexibility index (Phi) is 3.21. The first-order valence-corrected chi connectivity index (χ1v) is 4.09. The Labute approximate surface area is 88.0 Å². The second-order valence-corrected chi connectivity index (χ2v) is 3.08. The third-order valence-corrected chi connectivity index (χ3v) is 2.09. The summed E-state index contributed by atoms with van der Waals surface area (Å²) >= 11 is 0. The van der Waals surface area contributed by atoms with Gasteiger partial charge in [0.05, 0.1) is 6.10 Å². The fourth-order valence-electron chi connectivity index (χ4n) is 1.45. The van der Waals surface area contributed by atoms with E-state index in [0.717, 1.165) is 5.56 Å². The van der Waals surface area contributed by atoms with Gasteiger partial charge in [-0.1, -0.05) is 6.07 Å². The van der Waals surface area contributed by atoms with E-state index in [9.17, 15) is 5.11 Å². The fourth-order valence-corrected chi connectivity index (χ4v) is 1.45. The van der Waals surface area contributed by atoms with Crippen molar-refractivity contribution in [1.82, 2.24) is 0 Å². The van der Waals surface area contributed by atoms with Gasteiger partial charge in [-0.15, -0.1) is 12.4 Å². The molecule has 0 saturated carbocycles. The van der Waals surface area contributed by atoms with Gasteiger partial charge in [-0.3, -0.25) is 0 Å². The van der Waals surface area contributed by atoms with Crippen LogP contribution in [0.3, 0.4) is 0 Å². The lowest BCUT2D eigenvalue weighted by molar-refractivity contribution is -0.195. The van der Waals surface area contributed by atoms with Gasteiger partial charge in [0.1, 0.15) is 6.61 Å². The van der Waals surface area contributed by atoms with Crippen LogP contribution >= 0.6 is 12.4 Å². The van der Waals surface area contributed by atoms with Crippen LogP contribution in [0.25, 0.3) is 0 Å². The second kappa shape index (κ2) is 4.04. The first kappa shape index (κ1) is 11.1. The van der Waals surface area contributed by atoms with E-state index in [2.05, 4.69) is 0 Å². The van der Waals surface area contributed by atoms with Crippen LogP contribution < -0.4 is 10.6 Å². The highest BCUT2D eigenvalue weighted by Gasteiger charge is 2.22. The van der Waals surface area contributed by atoms with Crippen LogP contribution in [-0.2, 0) is 11.5 Å². The monoisotopic (exact) mass is 217 g/mol. The third kappa shape index (κ3) is 1.64. The average Bonchev–Trinajstić information content (AvgIpc) is 2.50. The predicted molar refractivity (Wildman–Crippen MR) is 54.2 cm³/mol. The summed E-state index contributed by atoms with van der Waals surface area (Å²) in [7, 11) is 0. The van der Waals surface area contributed by atoms with Gasteiger partial charge < -0.3 is 15.7 Å². The average molecular weight is 218 g/mol. The fraction of sp³-hybridized carbons (Fsp3) is 0.333. The highest BCUT2D eigenvalue weighted by Crippen LogP contribution is 2.37. The standard InChI is InChI=1S/C9H11NO3.ClH/c1-5(11)8-7(10)3-2-6-4-12-13-9(6)8;/h2-3,5,11H,4,10H2,1H3;1H. The lowest BCUT2D eigenvalue weighted by Crippen LogP contribution is -2.01. The molecule has 5 heteroatoms. The number of aliphatic hydroxyl groups excluding tert-OH is 1. The number of halogens is 1. The van der Waals surface area contributed by atoms with Crippen LogP contribution in [0.5, 0.6) is 5.75 Å². The smallest absolute Gasteiger partial charge is 0.178 e. The van der Waals surface area contributed by atoms with E-state index >= 15 is 0 Å². The van der Waals surface area contributed by atoms with Crippen LogP contribution in [0.4, 0.5) is 5.69 Å². The maximum absolute atomic E-state index is 9.45. The molecule has 1 aromatic carbocycles. The summed E-state index contributed by atoms with van der Waals surface area (Å²) in [6, 6.07) is 3.59. The number of anilines is 1. The molecular formula is C9H12ClNO3. The van der Waals surface area contributed by atoms with Gasteiger partial charge in [-0.05, 0) is 13.0 Å². The van der Waals surface area contributed by atoms with E-state index < -0.39 is 6.10 Å². The van der Waals surface area contributed by atoms with Gasteiger partial charge in [-0.25, -0.2) is 0 Å². The third-order valence-electron chi connectivity index (χ3n) is 2.09. The molecule has 1 aliphatic heterocycles. The van der Waals surface area contributed by atoms with Crippen LogP contribution in [-0.4, -0.2) is 5.11 Å². The van der Waals surface area contributed by atoms with Gasteiger partial charge in [0.2, 0.25) is 0 Å². The summed E-state index contributed by atoms with van der Waals surface area (Å²) in [6.07, 6.45) is -0.642. The normalized spacial score (nSPS) is 15.3. The van der Waals surface area contributed by atoms with Gasteiger partial charge in [-0.2, -0.15) is 4.89 Å². The molecule has 1 aromatic rings. The Morgan fingerprint density at radius 2 is 2.21 bits per heavy atom. The molecule has 3 N–H and O–H groups in total. The molecule has 0 aliphatic carbocycles. The Morgan fingerprint density at radius 3 is 2.86 bits per heavy atom. The van der Waals surface area contributed by atoms with Gasteiger partial charge in [0, 0.05) is 16.8 Å². The van der Waals surface area contributed by atoms with Crippen molar-refractivity contribution in [3.05, 3.63) is 23.3 Å². The maximum atomic E-state index is 9.45. The minimum Gasteiger partial charge on any atom is -0.398 e. The van der Waals surface area contributed by atoms with Crippen molar-refractivity contribution in [1.29, 1.82) is 0 Å². The van der Waals surface area contributed by atoms with E-state index in [-0.39, 0.29) is 12.4 Å². The molecule has 78 valence electrons. The van der Waals surface area contributed by atoms with E-state index in [1.54, 1.807) is 13.0 Å². The topological polar surface area (TPSA) is 64.7 Å². The summed E-state index contributed by atoms with van der Waals surface area (Å²) in [4.78, 5) is 9.73. The number of benzene rings is 1. The first-order valence-electron chi connectivity index (χ1n) is 4.09. The van der Waals surface area contributed by atoms with Gasteiger partial charge >= 0.3 is 0 Å². The molecule has 4 nitrogen and oxygen atoms in total. The van der Waals surface area contributed by atoms with E-state index in [0.29, 0.717) is 23.6 Å². The molecule has 0 spiro atoms. The summed E-state index contributed by atoms with van der Waals surface area (Å²) in [6.45, 7) is 2.06. The number of aliphatic hydroxyl groups is 1.